The van der Waals surface area contributed by atoms with Crippen molar-refractivity contribution in [2.45, 2.75) is 32.6 Å². The molecule has 1 aliphatic rings. The molecular formula is C14H21N3O2. The summed E-state index contributed by atoms with van der Waals surface area (Å²) in [5, 5.41) is 2.97. The Balaban J connectivity index is 1.81. The van der Waals surface area contributed by atoms with Gasteiger partial charge in [-0.05, 0) is 31.6 Å². The van der Waals surface area contributed by atoms with Crippen molar-refractivity contribution in [3.8, 4) is 0 Å². The van der Waals surface area contributed by atoms with Gasteiger partial charge in [-0.3, -0.25) is 9.78 Å². The normalized spacial score (nSPS) is 16.7. The molecule has 0 saturated heterocycles. The molecule has 0 bridgehead atoms. The van der Waals surface area contributed by atoms with E-state index in [1.54, 1.807) is 6.20 Å². The van der Waals surface area contributed by atoms with E-state index >= 15 is 0 Å². The lowest BCUT2D eigenvalue weighted by Crippen LogP contribution is -2.43. The Labute approximate surface area is 113 Å². The summed E-state index contributed by atoms with van der Waals surface area (Å²) < 4.78 is 5.42. The average Bonchev–Trinajstić information content (AvgIpc) is 2.41. The first-order valence-corrected chi connectivity index (χ1v) is 6.88. The summed E-state index contributed by atoms with van der Waals surface area (Å²) in [4.78, 5) is 19.8. The molecule has 1 fully saturated rings. The molecule has 0 spiro atoms. The molecule has 1 aromatic heterocycles. The molecule has 1 aliphatic carbocycles. The van der Waals surface area contributed by atoms with E-state index in [1.807, 2.05) is 6.92 Å². The summed E-state index contributed by atoms with van der Waals surface area (Å²) in [5.41, 5.74) is 0.606. The van der Waals surface area contributed by atoms with Crippen LogP contribution in [0.15, 0.2) is 18.6 Å². The van der Waals surface area contributed by atoms with Crippen LogP contribution in [0.1, 0.15) is 43.1 Å². The molecule has 0 aromatic carbocycles. The predicted molar refractivity (Wildman–Crippen MR) is 71.8 cm³/mol. The molecular weight excluding hydrogens is 242 g/mol. The van der Waals surface area contributed by atoms with Gasteiger partial charge in [0.05, 0.1) is 6.20 Å². The Kier molecular flexibility index (Phi) is 4.85. The van der Waals surface area contributed by atoms with Gasteiger partial charge in [0, 0.05) is 32.2 Å². The molecule has 2 rings (SSSR count). The van der Waals surface area contributed by atoms with Gasteiger partial charge >= 0.3 is 0 Å². The third-order valence-corrected chi connectivity index (χ3v) is 3.81. The van der Waals surface area contributed by atoms with Crippen LogP contribution in [0, 0.1) is 5.41 Å². The molecule has 19 heavy (non-hydrogen) atoms. The second kappa shape index (κ2) is 6.61. The number of ether oxygens (including phenoxy) is 1. The fourth-order valence-corrected chi connectivity index (χ4v) is 2.40. The summed E-state index contributed by atoms with van der Waals surface area (Å²) in [6, 6.07) is 0. The number of aromatic nitrogens is 2. The van der Waals surface area contributed by atoms with E-state index in [0.717, 1.165) is 19.6 Å². The molecule has 5 nitrogen and oxygen atoms in total. The van der Waals surface area contributed by atoms with E-state index in [2.05, 4.69) is 15.3 Å². The molecule has 1 amide bonds. The Bertz CT molecular complexity index is 404. The highest BCUT2D eigenvalue weighted by atomic mass is 16.5. The van der Waals surface area contributed by atoms with Gasteiger partial charge in [0.25, 0.3) is 5.91 Å². The fourth-order valence-electron chi connectivity index (χ4n) is 2.40. The van der Waals surface area contributed by atoms with Gasteiger partial charge in [0.15, 0.2) is 0 Å². The summed E-state index contributed by atoms with van der Waals surface area (Å²) in [6.45, 7) is 4.23. The third-order valence-electron chi connectivity index (χ3n) is 3.81. The predicted octanol–water partition coefficient (Wildman–Crippen LogP) is 1.80. The van der Waals surface area contributed by atoms with Crippen molar-refractivity contribution in [2.24, 2.45) is 5.41 Å². The minimum atomic E-state index is -0.143. The van der Waals surface area contributed by atoms with E-state index < -0.39 is 0 Å². The highest BCUT2D eigenvalue weighted by molar-refractivity contribution is 5.91. The minimum Gasteiger partial charge on any atom is -0.382 e. The fraction of sp³-hybridized carbons (Fsp3) is 0.643. The first-order valence-electron chi connectivity index (χ1n) is 6.88. The van der Waals surface area contributed by atoms with Crippen LogP contribution in [0.25, 0.3) is 0 Å². The lowest BCUT2D eigenvalue weighted by molar-refractivity contribution is 0.0512. The van der Waals surface area contributed by atoms with Gasteiger partial charge in [-0.25, -0.2) is 4.98 Å². The van der Waals surface area contributed by atoms with Crippen molar-refractivity contribution in [3.63, 3.8) is 0 Å². The van der Waals surface area contributed by atoms with E-state index in [-0.39, 0.29) is 11.3 Å². The second-order valence-electron chi connectivity index (χ2n) is 5.07. The number of nitrogens with one attached hydrogen (secondary N) is 1. The minimum absolute atomic E-state index is 0.143. The molecule has 1 N–H and O–H groups in total. The van der Waals surface area contributed by atoms with Crippen LogP contribution in [0.5, 0.6) is 0 Å². The van der Waals surface area contributed by atoms with Crippen molar-refractivity contribution < 1.29 is 9.53 Å². The maximum Gasteiger partial charge on any atom is 0.271 e. The standard InChI is InChI=1S/C14H21N3O2/c1-2-19-9-6-14(4-3-5-14)11-17-13(18)12-10-15-7-8-16-12/h7-8,10H,2-6,9,11H2,1H3,(H,17,18). The van der Waals surface area contributed by atoms with E-state index in [0.29, 0.717) is 12.2 Å². The average molecular weight is 263 g/mol. The second-order valence-corrected chi connectivity index (χ2v) is 5.07. The number of amides is 1. The Morgan fingerprint density at radius 1 is 1.47 bits per heavy atom. The molecule has 5 heteroatoms. The monoisotopic (exact) mass is 263 g/mol. The number of rotatable bonds is 7. The number of carbonyl (C=O) groups is 1. The van der Waals surface area contributed by atoms with Gasteiger partial charge in [-0.2, -0.15) is 0 Å². The third kappa shape index (κ3) is 3.73. The van der Waals surface area contributed by atoms with Gasteiger partial charge in [-0.15, -0.1) is 0 Å². The van der Waals surface area contributed by atoms with Crippen molar-refractivity contribution in [1.29, 1.82) is 0 Å². The molecule has 0 atom stereocenters. The first kappa shape index (κ1) is 13.9. The molecule has 0 radical (unpaired) electrons. The summed E-state index contributed by atoms with van der Waals surface area (Å²) in [5.74, 6) is -0.143. The maximum atomic E-state index is 11.9. The summed E-state index contributed by atoms with van der Waals surface area (Å²) >= 11 is 0. The smallest absolute Gasteiger partial charge is 0.271 e. The van der Waals surface area contributed by atoms with Gasteiger partial charge < -0.3 is 10.1 Å². The quantitative estimate of drug-likeness (QED) is 0.762. The zero-order valence-electron chi connectivity index (χ0n) is 11.4. The highest BCUT2D eigenvalue weighted by Crippen LogP contribution is 2.43. The molecule has 1 saturated carbocycles. The number of nitrogens with zero attached hydrogens (tertiary/aromatic N) is 2. The molecule has 104 valence electrons. The number of carbonyl (C=O) groups excluding carboxylic acids is 1. The zero-order chi connectivity index (χ0) is 13.6. The Morgan fingerprint density at radius 3 is 2.89 bits per heavy atom. The topological polar surface area (TPSA) is 64.1 Å². The molecule has 0 aliphatic heterocycles. The lowest BCUT2D eigenvalue weighted by atomic mass is 9.67. The largest absolute Gasteiger partial charge is 0.382 e. The zero-order valence-corrected chi connectivity index (χ0v) is 11.4. The summed E-state index contributed by atoms with van der Waals surface area (Å²) in [6.07, 6.45) is 9.18. The Morgan fingerprint density at radius 2 is 2.32 bits per heavy atom. The van der Waals surface area contributed by atoms with E-state index in [1.165, 1.54) is 31.7 Å². The molecule has 1 heterocycles. The molecule has 0 unspecified atom stereocenters. The van der Waals surface area contributed by atoms with Crippen LogP contribution < -0.4 is 5.32 Å². The van der Waals surface area contributed by atoms with Gasteiger partial charge in [0.2, 0.25) is 0 Å². The van der Waals surface area contributed by atoms with Crippen LogP contribution in [0.4, 0.5) is 0 Å². The van der Waals surface area contributed by atoms with Crippen LogP contribution in [-0.4, -0.2) is 35.6 Å². The van der Waals surface area contributed by atoms with Crippen molar-refractivity contribution in [2.75, 3.05) is 19.8 Å². The van der Waals surface area contributed by atoms with Crippen molar-refractivity contribution in [1.82, 2.24) is 15.3 Å². The summed E-state index contributed by atoms with van der Waals surface area (Å²) in [7, 11) is 0. The number of hydrogen-bond acceptors (Lipinski definition) is 4. The van der Waals surface area contributed by atoms with Crippen molar-refractivity contribution >= 4 is 5.91 Å². The molecule has 1 aromatic rings. The number of hydrogen-bond donors (Lipinski definition) is 1. The van der Waals surface area contributed by atoms with Crippen LogP contribution in [0.2, 0.25) is 0 Å². The SMILES string of the molecule is CCOCCC1(CNC(=O)c2cnccn2)CCC1. The van der Waals surface area contributed by atoms with Gasteiger partial charge in [0.1, 0.15) is 5.69 Å². The van der Waals surface area contributed by atoms with Crippen molar-refractivity contribution in [3.05, 3.63) is 24.3 Å². The van der Waals surface area contributed by atoms with Crippen LogP contribution >= 0.6 is 0 Å². The Hall–Kier alpha value is -1.49. The lowest BCUT2D eigenvalue weighted by Gasteiger charge is -2.42. The van der Waals surface area contributed by atoms with E-state index in [4.69, 9.17) is 4.74 Å². The first-order chi connectivity index (χ1) is 9.26. The van der Waals surface area contributed by atoms with E-state index in [9.17, 15) is 4.79 Å². The van der Waals surface area contributed by atoms with Crippen LogP contribution in [-0.2, 0) is 4.74 Å². The van der Waals surface area contributed by atoms with Crippen LogP contribution in [0.3, 0.4) is 0 Å². The highest BCUT2D eigenvalue weighted by Gasteiger charge is 2.36. The van der Waals surface area contributed by atoms with Gasteiger partial charge in [-0.1, -0.05) is 6.42 Å². The maximum absolute atomic E-state index is 11.9.